The van der Waals surface area contributed by atoms with Gasteiger partial charge in [-0.1, -0.05) is 31.0 Å². The lowest BCUT2D eigenvalue weighted by Gasteiger charge is -2.12. The second-order valence-corrected chi connectivity index (χ2v) is 5.60. The first kappa shape index (κ1) is 17.4. The maximum Gasteiger partial charge on any atom is 0.279 e. The van der Waals surface area contributed by atoms with Crippen LogP contribution in [0.25, 0.3) is 4.85 Å². The molecule has 2 aromatic rings. The van der Waals surface area contributed by atoms with Gasteiger partial charge in [0.05, 0.1) is 12.3 Å². The summed E-state index contributed by atoms with van der Waals surface area (Å²) in [4.78, 5) is 16.0. The molecule has 0 aliphatic heterocycles. The average molecular weight is 324 g/mol. The quantitative estimate of drug-likeness (QED) is 0.625. The molecule has 24 heavy (non-hydrogen) atoms. The van der Waals surface area contributed by atoms with Gasteiger partial charge >= 0.3 is 0 Å². The maximum absolute atomic E-state index is 12.6. The highest BCUT2D eigenvalue weighted by molar-refractivity contribution is 5.67. The summed E-state index contributed by atoms with van der Waals surface area (Å²) < 4.78 is 1.20. The highest BCUT2D eigenvalue weighted by Crippen LogP contribution is 2.34. The van der Waals surface area contributed by atoms with Crippen LogP contribution in [0.5, 0.6) is 5.88 Å². The predicted molar refractivity (Wildman–Crippen MR) is 93.6 cm³/mol. The fourth-order valence-electron chi connectivity index (χ4n) is 2.29. The summed E-state index contributed by atoms with van der Waals surface area (Å²) >= 11 is 0. The van der Waals surface area contributed by atoms with Crippen molar-refractivity contribution in [2.24, 2.45) is 10.2 Å². The number of aromatic nitrogens is 1. The van der Waals surface area contributed by atoms with Gasteiger partial charge < -0.3 is 5.11 Å². The molecule has 124 valence electrons. The molecule has 0 bridgehead atoms. The third-order valence-electron chi connectivity index (χ3n) is 3.77. The Balaban J connectivity index is 2.54. The van der Waals surface area contributed by atoms with Gasteiger partial charge in [-0.25, -0.2) is 4.85 Å². The van der Waals surface area contributed by atoms with Crippen molar-refractivity contribution in [1.82, 2.24) is 4.57 Å². The smallest absolute Gasteiger partial charge is 0.279 e. The van der Waals surface area contributed by atoms with Gasteiger partial charge in [0.25, 0.3) is 5.56 Å². The van der Waals surface area contributed by atoms with Crippen LogP contribution in [-0.2, 0) is 6.54 Å². The Morgan fingerprint density at radius 2 is 1.88 bits per heavy atom. The van der Waals surface area contributed by atoms with E-state index < -0.39 is 5.56 Å². The molecule has 2 rings (SSSR count). The Morgan fingerprint density at radius 3 is 2.46 bits per heavy atom. The van der Waals surface area contributed by atoms with E-state index in [1.54, 1.807) is 19.1 Å². The Morgan fingerprint density at radius 1 is 1.21 bits per heavy atom. The molecule has 6 heteroatoms. The van der Waals surface area contributed by atoms with E-state index in [1.165, 1.54) is 4.57 Å². The van der Waals surface area contributed by atoms with Crippen LogP contribution in [0.1, 0.15) is 30.9 Å². The zero-order chi connectivity index (χ0) is 17.7. The second-order valence-electron chi connectivity index (χ2n) is 5.60. The molecule has 0 aliphatic carbocycles. The molecule has 1 N–H and O–H groups in total. The molecule has 1 heterocycles. The minimum atomic E-state index is -0.429. The topological polar surface area (TPSA) is 71.3 Å². The molecular formula is C18H20N4O2. The van der Waals surface area contributed by atoms with Crippen LogP contribution in [0, 0.1) is 20.4 Å². The van der Waals surface area contributed by atoms with E-state index in [4.69, 9.17) is 6.57 Å². The van der Waals surface area contributed by atoms with Gasteiger partial charge in [0.2, 0.25) is 5.69 Å². The molecule has 0 atom stereocenters. The van der Waals surface area contributed by atoms with Crippen LogP contribution in [-0.4, -0.2) is 9.67 Å². The summed E-state index contributed by atoms with van der Waals surface area (Å²) in [6.45, 7) is 13.2. The van der Waals surface area contributed by atoms with Gasteiger partial charge in [-0.15, -0.1) is 5.11 Å². The monoisotopic (exact) mass is 324 g/mol. The third kappa shape index (κ3) is 3.51. The molecule has 0 amide bonds. The summed E-state index contributed by atoms with van der Waals surface area (Å²) in [5.74, 6) is -0.296. The maximum atomic E-state index is 12.6. The number of unbranched alkanes of at least 4 members (excludes halogenated alkanes) is 1. The van der Waals surface area contributed by atoms with E-state index in [-0.39, 0.29) is 17.3 Å². The van der Waals surface area contributed by atoms with Gasteiger partial charge in [0.1, 0.15) is 5.69 Å². The van der Waals surface area contributed by atoms with Crippen LogP contribution in [0.4, 0.5) is 17.1 Å². The number of aryl methyl sites for hydroxylation is 1. The zero-order valence-corrected chi connectivity index (χ0v) is 14.1. The predicted octanol–water partition coefficient (Wildman–Crippen LogP) is 4.94. The number of aromatic hydroxyl groups is 1. The van der Waals surface area contributed by atoms with E-state index in [0.29, 0.717) is 17.8 Å². The largest absolute Gasteiger partial charge is 0.503 e. The standard InChI is InChI=1S/C18H20N4O2/c1-5-6-11-22-17(23)15(19-4)13(3)16(18(22)24)21-20-14-9-7-12(2)8-10-14/h7-10,23H,5-6,11H2,1-3H3. The fourth-order valence-corrected chi connectivity index (χ4v) is 2.29. The molecule has 0 unspecified atom stereocenters. The Labute approximate surface area is 140 Å². The summed E-state index contributed by atoms with van der Waals surface area (Å²) in [6, 6.07) is 7.42. The molecule has 0 fully saturated rings. The number of hydrogen-bond acceptors (Lipinski definition) is 4. The van der Waals surface area contributed by atoms with Gasteiger partial charge in [-0.05, 0) is 38.0 Å². The highest BCUT2D eigenvalue weighted by atomic mass is 16.3. The zero-order valence-electron chi connectivity index (χ0n) is 14.1. The van der Waals surface area contributed by atoms with E-state index >= 15 is 0 Å². The molecule has 0 spiro atoms. The van der Waals surface area contributed by atoms with Crippen molar-refractivity contribution in [3.8, 4) is 5.88 Å². The van der Waals surface area contributed by atoms with E-state index in [0.717, 1.165) is 18.4 Å². The lowest BCUT2D eigenvalue weighted by Crippen LogP contribution is -2.20. The second kappa shape index (κ2) is 7.55. The van der Waals surface area contributed by atoms with E-state index in [1.807, 2.05) is 26.0 Å². The van der Waals surface area contributed by atoms with E-state index in [2.05, 4.69) is 15.1 Å². The molecule has 0 saturated heterocycles. The first-order valence-corrected chi connectivity index (χ1v) is 7.81. The first-order valence-electron chi connectivity index (χ1n) is 7.81. The number of azo groups is 1. The van der Waals surface area contributed by atoms with Crippen LogP contribution in [0.15, 0.2) is 39.3 Å². The van der Waals surface area contributed by atoms with Crippen molar-refractivity contribution >= 4 is 17.1 Å². The number of hydrogen-bond donors (Lipinski definition) is 1. The molecule has 1 aromatic carbocycles. The lowest BCUT2D eigenvalue weighted by molar-refractivity contribution is 0.405. The average Bonchev–Trinajstić information content (AvgIpc) is 2.57. The third-order valence-corrected chi connectivity index (χ3v) is 3.77. The molecule has 0 aliphatic rings. The molecule has 6 nitrogen and oxygen atoms in total. The van der Waals surface area contributed by atoms with Crippen molar-refractivity contribution in [3.05, 3.63) is 57.2 Å². The minimum absolute atomic E-state index is 0.0450. The van der Waals surface area contributed by atoms with E-state index in [9.17, 15) is 9.90 Å². The van der Waals surface area contributed by atoms with Gasteiger partial charge in [0.15, 0.2) is 5.88 Å². The summed E-state index contributed by atoms with van der Waals surface area (Å²) in [6.07, 6.45) is 1.59. The normalized spacial score (nSPS) is 10.9. The Kier molecular flexibility index (Phi) is 5.48. The first-order chi connectivity index (χ1) is 11.5. The van der Waals surface area contributed by atoms with Crippen LogP contribution >= 0.6 is 0 Å². The van der Waals surface area contributed by atoms with Crippen molar-refractivity contribution in [1.29, 1.82) is 0 Å². The van der Waals surface area contributed by atoms with Crippen molar-refractivity contribution < 1.29 is 5.11 Å². The van der Waals surface area contributed by atoms with Crippen LogP contribution in [0.2, 0.25) is 0 Å². The van der Waals surface area contributed by atoms with Crippen molar-refractivity contribution in [3.63, 3.8) is 0 Å². The Bertz CT molecular complexity index is 859. The van der Waals surface area contributed by atoms with Crippen LogP contribution < -0.4 is 5.56 Å². The summed E-state index contributed by atoms with van der Waals surface area (Å²) in [5, 5.41) is 18.3. The molecular weight excluding hydrogens is 304 g/mol. The molecule has 1 aromatic heterocycles. The van der Waals surface area contributed by atoms with Crippen molar-refractivity contribution in [2.45, 2.75) is 40.2 Å². The minimum Gasteiger partial charge on any atom is -0.503 e. The number of nitrogens with zero attached hydrogens (tertiary/aromatic N) is 4. The number of rotatable bonds is 5. The molecule has 0 radical (unpaired) electrons. The SMILES string of the molecule is [C-]#[N+]c1c(C)c(N=Nc2ccc(C)cc2)c(=O)n(CCCC)c1O. The fraction of sp³-hybridized carbons (Fsp3) is 0.333. The summed E-state index contributed by atoms with van der Waals surface area (Å²) in [7, 11) is 0. The highest BCUT2D eigenvalue weighted by Gasteiger charge is 2.18. The Hall–Kier alpha value is -2.94. The van der Waals surface area contributed by atoms with Gasteiger partial charge in [-0.3, -0.25) is 9.36 Å². The lowest BCUT2D eigenvalue weighted by atomic mass is 10.2. The number of pyridine rings is 1. The number of benzene rings is 1. The van der Waals surface area contributed by atoms with Crippen molar-refractivity contribution in [2.75, 3.05) is 0 Å². The van der Waals surface area contributed by atoms with Gasteiger partial charge in [-0.2, -0.15) is 5.11 Å². The van der Waals surface area contributed by atoms with Gasteiger partial charge in [0, 0.05) is 6.54 Å². The van der Waals surface area contributed by atoms with Crippen LogP contribution in [0.3, 0.4) is 0 Å². The molecule has 0 saturated carbocycles. The summed E-state index contributed by atoms with van der Waals surface area (Å²) in [5.41, 5.74) is 1.78.